The summed E-state index contributed by atoms with van der Waals surface area (Å²) in [4.78, 5) is 14.2. The molecule has 0 aromatic rings. The van der Waals surface area contributed by atoms with Crippen LogP contribution < -0.4 is 5.73 Å². The number of carbonyl (C=O) groups excluding carboxylic acids is 1. The Bertz CT molecular complexity index is 280. The summed E-state index contributed by atoms with van der Waals surface area (Å²) in [6.45, 7) is 2.27. The molecule has 2 saturated carbocycles. The van der Waals surface area contributed by atoms with Crippen molar-refractivity contribution in [3.05, 3.63) is 0 Å². The lowest BCUT2D eigenvalue weighted by Crippen LogP contribution is -2.42. The Hall–Kier alpha value is -0.570. The summed E-state index contributed by atoms with van der Waals surface area (Å²) < 4.78 is 0. The molecule has 3 heteroatoms. The van der Waals surface area contributed by atoms with Gasteiger partial charge in [0.05, 0.1) is 0 Å². The van der Waals surface area contributed by atoms with Crippen LogP contribution in [0.5, 0.6) is 0 Å². The van der Waals surface area contributed by atoms with E-state index >= 15 is 0 Å². The highest BCUT2D eigenvalue weighted by atomic mass is 16.2. The molecule has 1 atom stereocenters. The van der Waals surface area contributed by atoms with E-state index in [-0.39, 0.29) is 11.9 Å². The molecule has 0 saturated heterocycles. The number of amides is 1. The third-order valence-corrected chi connectivity index (χ3v) is 4.97. The van der Waals surface area contributed by atoms with Crippen LogP contribution in [0.1, 0.15) is 58.3 Å². The summed E-state index contributed by atoms with van der Waals surface area (Å²) in [5, 5.41) is 0. The topological polar surface area (TPSA) is 46.3 Å². The largest absolute Gasteiger partial charge is 0.343 e. The molecule has 0 bridgehead atoms. The van der Waals surface area contributed by atoms with Gasteiger partial charge in [-0.2, -0.15) is 0 Å². The molecule has 1 amide bonds. The van der Waals surface area contributed by atoms with Gasteiger partial charge in [0.2, 0.25) is 5.91 Å². The molecule has 0 aromatic heterocycles. The minimum Gasteiger partial charge on any atom is -0.343 e. The van der Waals surface area contributed by atoms with Gasteiger partial charge in [-0.1, -0.05) is 13.3 Å². The van der Waals surface area contributed by atoms with Crippen molar-refractivity contribution in [2.75, 3.05) is 7.05 Å². The molecule has 2 fully saturated rings. The van der Waals surface area contributed by atoms with Gasteiger partial charge in [0.15, 0.2) is 0 Å². The molecule has 18 heavy (non-hydrogen) atoms. The molecule has 0 radical (unpaired) electrons. The summed E-state index contributed by atoms with van der Waals surface area (Å²) in [6.07, 6.45) is 9.21. The Morgan fingerprint density at radius 3 is 2.33 bits per heavy atom. The van der Waals surface area contributed by atoms with E-state index in [1.165, 1.54) is 44.9 Å². The Morgan fingerprint density at radius 2 is 1.83 bits per heavy atom. The average Bonchev–Trinajstić information content (AvgIpc) is 3.22. The van der Waals surface area contributed by atoms with E-state index in [4.69, 9.17) is 5.73 Å². The predicted octanol–water partition coefficient (Wildman–Crippen LogP) is 2.54. The van der Waals surface area contributed by atoms with Crippen molar-refractivity contribution in [3.8, 4) is 0 Å². The number of nitrogens with two attached hydrogens (primary N) is 1. The minimum absolute atomic E-state index is 0.104. The summed E-state index contributed by atoms with van der Waals surface area (Å²) in [6, 6.07) is 0.568. The van der Waals surface area contributed by atoms with E-state index in [1.54, 1.807) is 0 Å². The molecule has 2 rings (SSSR count). The fraction of sp³-hybridized carbons (Fsp3) is 0.933. The smallest absolute Gasteiger partial charge is 0.224 e. The second-order valence-electron chi connectivity index (χ2n) is 6.29. The highest BCUT2D eigenvalue weighted by Crippen LogP contribution is 2.33. The van der Waals surface area contributed by atoms with Gasteiger partial charge in [-0.15, -0.1) is 0 Å². The van der Waals surface area contributed by atoms with Gasteiger partial charge in [0, 0.05) is 25.6 Å². The molecule has 3 nitrogen and oxygen atoms in total. The van der Waals surface area contributed by atoms with E-state index in [0.29, 0.717) is 18.4 Å². The molecule has 2 aliphatic rings. The van der Waals surface area contributed by atoms with Crippen LogP contribution in [-0.4, -0.2) is 29.9 Å². The van der Waals surface area contributed by atoms with Gasteiger partial charge in [0.1, 0.15) is 0 Å². The zero-order valence-electron chi connectivity index (χ0n) is 11.9. The Labute approximate surface area is 111 Å². The maximum Gasteiger partial charge on any atom is 0.224 e. The van der Waals surface area contributed by atoms with Crippen LogP contribution in [0.15, 0.2) is 0 Å². The quantitative estimate of drug-likeness (QED) is 0.817. The van der Waals surface area contributed by atoms with Crippen LogP contribution in [0.4, 0.5) is 0 Å². The molecular weight excluding hydrogens is 224 g/mol. The average molecular weight is 252 g/mol. The van der Waals surface area contributed by atoms with Gasteiger partial charge in [-0.05, 0) is 50.4 Å². The van der Waals surface area contributed by atoms with Crippen molar-refractivity contribution in [1.82, 2.24) is 4.90 Å². The summed E-state index contributed by atoms with van der Waals surface area (Å²) in [7, 11) is 1.97. The highest BCUT2D eigenvalue weighted by Gasteiger charge is 2.32. The van der Waals surface area contributed by atoms with Gasteiger partial charge in [-0.25, -0.2) is 0 Å². The number of nitrogens with zero attached hydrogens (tertiary/aromatic N) is 1. The molecule has 0 aromatic carbocycles. The monoisotopic (exact) mass is 252 g/mol. The van der Waals surface area contributed by atoms with Gasteiger partial charge in [0.25, 0.3) is 0 Å². The fourth-order valence-corrected chi connectivity index (χ4v) is 3.18. The molecular formula is C15H28N2O. The van der Waals surface area contributed by atoms with Crippen LogP contribution in [0.3, 0.4) is 0 Å². The summed E-state index contributed by atoms with van der Waals surface area (Å²) in [5.41, 5.74) is 6.04. The predicted molar refractivity (Wildman–Crippen MR) is 74.1 cm³/mol. The van der Waals surface area contributed by atoms with E-state index in [1.807, 2.05) is 11.9 Å². The van der Waals surface area contributed by atoms with Crippen molar-refractivity contribution < 1.29 is 4.79 Å². The lowest BCUT2D eigenvalue weighted by atomic mass is 9.84. The van der Waals surface area contributed by atoms with Crippen molar-refractivity contribution in [3.63, 3.8) is 0 Å². The first-order chi connectivity index (χ1) is 8.61. The van der Waals surface area contributed by atoms with Gasteiger partial charge >= 0.3 is 0 Å². The number of hydrogen-bond donors (Lipinski definition) is 1. The zero-order valence-corrected chi connectivity index (χ0v) is 11.9. The Morgan fingerprint density at radius 1 is 1.22 bits per heavy atom. The first-order valence-corrected chi connectivity index (χ1v) is 7.63. The molecule has 2 aliphatic carbocycles. The fourth-order valence-electron chi connectivity index (χ4n) is 3.18. The van der Waals surface area contributed by atoms with E-state index in [0.717, 1.165) is 5.92 Å². The van der Waals surface area contributed by atoms with Crippen LogP contribution >= 0.6 is 0 Å². The van der Waals surface area contributed by atoms with Crippen LogP contribution in [0, 0.1) is 11.8 Å². The third-order valence-electron chi connectivity index (χ3n) is 4.97. The van der Waals surface area contributed by atoms with Crippen molar-refractivity contribution >= 4 is 5.91 Å². The van der Waals surface area contributed by atoms with Crippen molar-refractivity contribution in [1.29, 1.82) is 0 Å². The number of hydrogen-bond acceptors (Lipinski definition) is 2. The molecule has 2 N–H and O–H groups in total. The third kappa shape index (κ3) is 3.47. The van der Waals surface area contributed by atoms with Gasteiger partial charge in [-0.3, -0.25) is 4.79 Å². The first-order valence-electron chi connectivity index (χ1n) is 7.63. The molecule has 1 unspecified atom stereocenters. The SMILES string of the molecule is CCC1CCC(N(C)C(=O)CC(N)C2CC2)CC1. The summed E-state index contributed by atoms with van der Waals surface area (Å²) >= 11 is 0. The molecule has 0 heterocycles. The maximum absolute atomic E-state index is 12.2. The highest BCUT2D eigenvalue weighted by molar-refractivity contribution is 5.77. The van der Waals surface area contributed by atoms with Crippen LogP contribution in [0.2, 0.25) is 0 Å². The first kappa shape index (κ1) is 13.9. The zero-order chi connectivity index (χ0) is 13.1. The van der Waals surface area contributed by atoms with Gasteiger partial charge < -0.3 is 10.6 Å². The van der Waals surface area contributed by atoms with E-state index < -0.39 is 0 Å². The molecule has 0 aliphatic heterocycles. The molecule has 0 spiro atoms. The molecule has 104 valence electrons. The lowest BCUT2D eigenvalue weighted by Gasteiger charge is -2.35. The van der Waals surface area contributed by atoms with Crippen molar-refractivity contribution in [2.24, 2.45) is 17.6 Å². The lowest BCUT2D eigenvalue weighted by molar-refractivity contribution is -0.133. The Kier molecular flexibility index (Phi) is 4.66. The van der Waals surface area contributed by atoms with E-state index in [2.05, 4.69) is 6.92 Å². The summed E-state index contributed by atoms with van der Waals surface area (Å²) in [5.74, 6) is 1.77. The maximum atomic E-state index is 12.2. The Balaban J connectivity index is 1.75. The normalized spacial score (nSPS) is 29.9. The van der Waals surface area contributed by atoms with Crippen LogP contribution in [-0.2, 0) is 4.79 Å². The van der Waals surface area contributed by atoms with Crippen molar-refractivity contribution in [2.45, 2.75) is 70.4 Å². The second-order valence-corrected chi connectivity index (χ2v) is 6.29. The van der Waals surface area contributed by atoms with E-state index in [9.17, 15) is 4.79 Å². The second kappa shape index (κ2) is 6.05. The minimum atomic E-state index is 0.104. The standard InChI is InChI=1S/C15H28N2O/c1-3-11-4-8-13(9-5-11)17(2)15(18)10-14(16)12-6-7-12/h11-14H,3-10,16H2,1-2H3. The number of carbonyl (C=O) groups is 1. The number of rotatable bonds is 5. The van der Waals surface area contributed by atoms with Crippen LogP contribution in [0.25, 0.3) is 0 Å².